The number of anilines is 1. The van der Waals surface area contributed by atoms with Gasteiger partial charge in [-0.2, -0.15) is 5.10 Å². The average Bonchev–Trinajstić information content (AvgIpc) is 2.94. The predicted molar refractivity (Wildman–Crippen MR) is 93.8 cm³/mol. The van der Waals surface area contributed by atoms with Crippen LogP contribution in [0.3, 0.4) is 0 Å². The first kappa shape index (κ1) is 15.3. The van der Waals surface area contributed by atoms with E-state index in [0.717, 1.165) is 22.9 Å². The second-order valence-corrected chi connectivity index (χ2v) is 5.51. The average molecular weight is 326 g/mol. The first-order valence-electron chi connectivity index (χ1n) is 7.30. The summed E-state index contributed by atoms with van der Waals surface area (Å²) in [5.41, 5.74) is 3.13. The molecule has 0 atom stereocenters. The Morgan fingerprint density at radius 2 is 1.91 bits per heavy atom. The Morgan fingerprint density at radius 3 is 2.70 bits per heavy atom. The van der Waals surface area contributed by atoms with Crippen LogP contribution in [-0.4, -0.2) is 21.9 Å². The Kier molecular flexibility index (Phi) is 4.43. The molecular formula is C17H18N4OS. The highest BCUT2D eigenvalue weighted by Gasteiger charge is 2.12. The fourth-order valence-electron chi connectivity index (χ4n) is 2.46. The zero-order valence-corrected chi connectivity index (χ0v) is 13.9. The highest BCUT2D eigenvalue weighted by Crippen LogP contribution is 2.24. The number of methoxy groups -OCH3 is 1. The summed E-state index contributed by atoms with van der Waals surface area (Å²) in [7, 11) is 1.65. The highest BCUT2D eigenvalue weighted by atomic mass is 32.1. The minimum atomic E-state index is 0.538. The molecule has 23 heavy (non-hydrogen) atoms. The number of hydrogen-bond acceptors (Lipinski definition) is 4. The number of aryl methyl sites for hydroxylation is 1. The summed E-state index contributed by atoms with van der Waals surface area (Å²) in [5.74, 6) is 1.55. The van der Waals surface area contributed by atoms with Gasteiger partial charge in [0.25, 0.3) is 0 Å². The van der Waals surface area contributed by atoms with E-state index in [0.29, 0.717) is 11.3 Å². The number of aromatic amines is 1. The second kappa shape index (κ2) is 6.66. The smallest absolute Gasteiger partial charge is 0.200 e. The van der Waals surface area contributed by atoms with Gasteiger partial charge in [0.15, 0.2) is 10.6 Å². The van der Waals surface area contributed by atoms with Gasteiger partial charge >= 0.3 is 0 Å². The second-order valence-electron chi connectivity index (χ2n) is 5.12. The van der Waals surface area contributed by atoms with Crippen molar-refractivity contribution in [1.29, 1.82) is 0 Å². The van der Waals surface area contributed by atoms with Crippen LogP contribution in [0.5, 0.6) is 5.75 Å². The number of benzene rings is 2. The number of ether oxygens (including phenoxy) is 1. The molecule has 118 valence electrons. The van der Waals surface area contributed by atoms with E-state index in [2.05, 4.69) is 28.5 Å². The Morgan fingerprint density at radius 1 is 1.17 bits per heavy atom. The lowest BCUT2D eigenvalue weighted by molar-refractivity contribution is 0.412. The van der Waals surface area contributed by atoms with E-state index in [-0.39, 0.29) is 0 Å². The van der Waals surface area contributed by atoms with Crippen molar-refractivity contribution in [1.82, 2.24) is 14.8 Å². The van der Waals surface area contributed by atoms with Gasteiger partial charge in [0, 0.05) is 5.69 Å². The van der Waals surface area contributed by atoms with Gasteiger partial charge in [0.1, 0.15) is 5.75 Å². The van der Waals surface area contributed by atoms with Crippen LogP contribution in [0.4, 0.5) is 5.69 Å². The Balaban J connectivity index is 1.93. The van der Waals surface area contributed by atoms with Crippen molar-refractivity contribution in [2.75, 3.05) is 12.4 Å². The maximum atomic E-state index is 5.43. The Bertz CT molecular complexity index is 869. The summed E-state index contributed by atoms with van der Waals surface area (Å²) in [6.45, 7) is 2.62. The standard InChI is InChI=1S/C17H18N4OS/c1-12-7-3-4-8-13(12)18-11-16-19-20-17(23)21(16)14-9-5-6-10-15(14)22-2/h3-10,18H,11H2,1-2H3,(H,20,23). The Hall–Kier alpha value is -2.60. The van der Waals surface area contributed by atoms with Gasteiger partial charge in [0.2, 0.25) is 0 Å². The van der Waals surface area contributed by atoms with Crippen molar-refractivity contribution in [2.24, 2.45) is 0 Å². The molecule has 1 aromatic heterocycles. The molecule has 0 aliphatic rings. The summed E-state index contributed by atoms with van der Waals surface area (Å²) in [6, 6.07) is 15.9. The van der Waals surface area contributed by atoms with Crippen molar-refractivity contribution in [2.45, 2.75) is 13.5 Å². The van der Waals surface area contributed by atoms with Crippen molar-refractivity contribution in [3.63, 3.8) is 0 Å². The summed E-state index contributed by atoms with van der Waals surface area (Å²) < 4.78 is 7.86. The summed E-state index contributed by atoms with van der Waals surface area (Å²) in [6.07, 6.45) is 0. The molecule has 0 spiro atoms. The number of para-hydroxylation sites is 3. The van der Waals surface area contributed by atoms with Gasteiger partial charge in [0.05, 0.1) is 19.3 Å². The van der Waals surface area contributed by atoms with Crippen LogP contribution in [0.1, 0.15) is 11.4 Å². The van der Waals surface area contributed by atoms with Crippen LogP contribution in [0.25, 0.3) is 5.69 Å². The van der Waals surface area contributed by atoms with Crippen LogP contribution in [0, 0.1) is 11.7 Å². The lowest BCUT2D eigenvalue weighted by Crippen LogP contribution is -2.09. The quantitative estimate of drug-likeness (QED) is 0.699. The molecule has 1 heterocycles. The molecule has 0 saturated carbocycles. The van der Waals surface area contributed by atoms with Crippen LogP contribution < -0.4 is 10.1 Å². The van der Waals surface area contributed by atoms with E-state index in [1.807, 2.05) is 47.0 Å². The lowest BCUT2D eigenvalue weighted by atomic mass is 10.2. The number of hydrogen-bond donors (Lipinski definition) is 2. The van der Waals surface area contributed by atoms with E-state index in [9.17, 15) is 0 Å². The van der Waals surface area contributed by atoms with Gasteiger partial charge in [-0.15, -0.1) is 0 Å². The molecule has 0 radical (unpaired) electrons. The van der Waals surface area contributed by atoms with Crippen molar-refractivity contribution in [3.05, 3.63) is 64.7 Å². The molecule has 3 aromatic rings. The third-order valence-electron chi connectivity index (χ3n) is 3.65. The molecular weight excluding hydrogens is 308 g/mol. The third kappa shape index (κ3) is 3.12. The van der Waals surface area contributed by atoms with E-state index in [1.54, 1.807) is 7.11 Å². The third-order valence-corrected chi connectivity index (χ3v) is 3.92. The molecule has 0 aliphatic carbocycles. The number of nitrogens with one attached hydrogen (secondary N) is 2. The first-order chi connectivity index (χ1) is 11.2. The fourth-order valence-corrected chi connectivity index (χ4v) is 2.71. The van der Waals surface area contributed by atoms with Crippen LogP contribution >= 0.6 is 12.2 Å². The van der Waals surface area contributed by atoms with Crippen molar-refractivity contribution in [3.8, 4) is 11.4 Å². The van der Waals surface area contributed by atoms with Crippen LogP contribution in [0.15, 0.2) is 48.5 Å². The minimum absolute atomic E-state index is 0.538. The van der Waals surface area contributed by atoms with Gasteiger partial charge in [-0.25, -0.2) is 0 Å². The molecule has 0 bridgehead atoms. The predicted octanol–water partition coefficient (Wildman–Crippen LogP) is 3.86. The summed E-state index contributed by atoms with van der Waals surface area (Å²) in [5, 5.41) is 10.6. The Labute approximate surface area is 139 Å². The molecule has 0 fully saturated rings. The molecule has 0 unspecified atom stereocenters. The van der Waals surface area contributed by atoms with E-state index < -0.39 is 0 Å². The first-order valence-corrected chi connectivity index (χ1v) is 7.70. The lowest BCUT2D eigenvalue weighted by Gasteiger charge is -2.13. The van der Waals surface area contributed by atoms with Gasteiger partial charge < -0.3 is 10.1 Å². The summed E-state index contributed by atoms with van der Waals surface area (Å²) in [4.78, 5) is 0. The molecule has 5 nitrogen and oxygen atoms in total. The topological polar surface area (TPSA) is 54.9 Å². The van der Waals surface area contributed by atoms with Crippen molar-refractivity contribution >= 4 is 17.9 Å². The number of aromatic nitrogens is 3. The maximum Gasteiger partial charge on any atom is 0.200 e. The zero-order chi connectivity index (χ0) is 16.2. The van der Waals surface area contributed by atoms with E-state index >= 15 is 0 Å². The minimum Gasteiger partial charge on any atom is -0.495 e. The molecule has 0 aliphatic heterocycles. The number of H-pyrrole nitrogens is 1. The molecule has 0 amide bonds. The number of nitrogens with zero attached hydrogens (tertiary/aromatic N) is 2. The fraction of sp³-hybridized carbons (Fsp3) is 0.176. The summed E-state index contributed by atoms with van der Waals surface area (Å²) >= 11 is 5.38. The van der Waals surface area contributed by atoms with Crippen LogP contribution in [0.2, 0.25) is 0 Å². The monoisotopic (exact) mass is 326 g/mol. The molecule has 3 rings (SSSR count). The van der Waals surface area contributed by atoms with Gasteiger partial charge in [-0.05, 0) is 42.9 Å². The van der Waals surface area contributed by atoms with E-state index in [4.69, 9.17) is 17.0 Å². The number of rotatable bonds is 5. The largest absolute Gasteiger partial charge is 0.495 e. The highest BCUT2D eigenvalue weighted by molar-refractivity contribution is 7.71. The molecule has 0 saturated heterocycles. The molecule has 6 heteroatoms. The normalized spacial score (nSPS) is 10.5. The van der Waals surface area contributed by atoms with Gasteiger partial charge in [-0.3, -0.25) is 9.67 Å². The maximum absolute atomic E-state index is 5.43. The van der Waals surface area contributed by atoms with E-state index in [1.165, 1.54) is 5.56 Å². The van der Waals surface area contributed by atoms with Crippen molar-refractivity contribution < 1.29 is 4.74 Å². The molecule has 2 N–H and O–H groups in total. The zero-order valence-electron chi connectivity index (χ0n) is 13.0. The molecule has 2 aromatic carbocycles. The SMILES string of the molecule is COc1ccccc1-n1c(CNc2ccccc2C)n[nH]c1=S. The van der Waals surface area contributed by atoms with Gasteiger partial charge in [-0.1, -0.05) is 30.3 Å². The van der Waals surface area contributed by atoms with Crippen LogP contribution in [-0.2, 0) is 6.54 Å².